The summed E-state index contributed by atoms with van der Waals surface area (Å²) >= 11 is 4.74. The zero-order valence-electron chi connectivity index (χ0n) is 9.77. The van der Waals surface area contributed by atoms with E-state index in [1.165, 1.54) is 11.8 Å². The van der Waals surface area contributed by atoms with E-state index in [0.29, 0.717) is 12.4 Å². The molecule has 0 aliphatic heterocycles. The van der Waals surface area contributed by atoms with Gasteiger partial charge < -0.3 is 10.5 Å². The molecule has 1 atom stereocenters. The lowest BCUT2D eigenvalue weighted by Crippen LogP contribution is -2.48. The SMILES string of the molecule is CCOC(=O)C(C)(N)CSc1ccc(Br)cn1. The molecule has 0 aromatic carbocycles. The van der Waals surface area contributed by atoms with E-state index in [0.717, 1.165) is 9.50 Å². The molecule has 94 valence electrons. The van der Waals surface area contributed by atoms with Gasteiger partial charge in [-0.25, -0.2) is 4.98 Å². The Morgan fingerprint density at radius 1 is 1.65 bits per heavy atom. The summed E-state index contributed by atoms with van der Waals surface area (Å²) in [6.07, 6.45) is 1.71. The predicted molar refractivity (Wildman–Crippen MR) is 71.9 cm³/mol. The van der Waals surface area contributed by atoms with Gasteiger partial charge in [0.2, 0.25) is 0 Å². The molecule has 1 unspecified atom stereocenters. The lowest BCUT2D eigenvalue weighted by molar-refractivity contribution is -0.148. The van der Waals surface area contributed by atoms with Crippen molar-refractivity contribution in [3.05, 3.63) is 22.8 Å². The number of thioether (sulfide) groups is 1. The van der Waals surface area contributed by atoms with Gasteiger partial charge in [0.05, 0.1) is 11.6 Å². The minimum Gasteiger partial charge on any atom is -0.465 e. The second kappa shape index (κ2) is 6.37. The van der Waals surface area contributed by atoms with Gasteiger partial charge in [-0.1, -0.05) is 0 Å². The molecule has 1 aromatic rings. The van der Waals surface area contributed by atoms with Crippen LogP contribution in [-0.4, -0.2) is 28.9 Å². The molecule has 17 heavy (non-hydrogen) atoms. The van der Waals surface area contributed by atoms with Crippen LogP contribution in [0, 0.1) is 0 Å². The third kappa shape index (κ3) is 4.65. The first-order valence-electron chi connectivity index (χ1n) is 5.16. The predicted octanol–water partition coefficient (Wildman–Crippen LogP) is 2.22. The molecule has 4 nitrogen and oxygen atoms in total. The molecule has 0 aliphatic carbocycles. The van der Waals surface area contributed by atoms with Crippen LogP contribution in [-0.2, 0) is 9.53 Å². The first kappa shape index (κ1) is 14.5. The lowest BCUT2D eigenvalue weighted by Gasteiger charge is -2.21. The number of ether oxygens (including phenoxy) is 1. The highest BCUT2D eigenvalue weighted by molar-refractivity contribution is 9.10. The highest BCUT2D eigenvalue weighted by Crippen LogP contribution is 2.21. The number of carbonyl (C=O) groups excluding carboxylic acids is 1. The molecule has 0 saturated heterocycles. The van der Waals surface area contributed by atoms with Crippen LogP contribution in [0.4, 0.5) is 0 Å². The third-order valence-electron chi connectivity index (χ3n) is 1.96. The summed E-state index contributed by atoms with van der Waals surface area (Å²) in [6.45, 7) is 3.76. The van der Waals surface area contributed by atoms with Crippen molar-refractivity contribution in [2.24, 2.45) is 5.73 Å². The second-order valence-corrected chi connectivity index (χ2v) is 5.65. The van der Waals surface area contributed by atoms with Gasteiger partial charge in [-0.15, -0.1) is 11.8 Å². The number of hydrogen-bond acceptors (Lipinski definition) is 5. The molecule has 1 aromatic heterocycles. The van der Waals surface area contributed by atoms with Crippen LogP contribution in [0.1, 0.15) is 13.8 Å². The average molecular weight is 319 g/mol. The smallest absolute Gasteiger partial charge is 0.326 e. The number of hydrogen-bond donors (Lipinski definition) is 1. The number of nitrogens with zero attached hydrogens (tertiary/aromatic N) is 1. The Labute approximate surface area is 113 Å². The number of carbonyl (C=O) groups is 1. The van der Waals surface area contributed by atoms with E-state index in [1.807, 2.05) is 12.1 Å². The van der Waals surface area contributed by atoms with Crippen molar-refractivity contribution >= 4 is 33.7 Å². The Hall–Kier alpha value is -0.590. The summed E-state index contributed by atoms with van der Waals surface area (Å²) in [4.78, 5) is 15.7. The lowest BCUT2D eigenvalue weighted by atomic mass is 10.1. The number of rotatable bonds is 5. The first-order chi connectivity index (χ1) is 7.95. The molecule has 0 amide bonds. The summed E-state index contributed by atoms with van der Waals surface area (Å²) in [7, 11) is 0. The Bertz CT molecular complexity index is 382. The fourth-order valence-electron chi connectivity index (χ4n) is 1.03. The maximum atomic E-state index is 11.6. The van der Waals surface area contributed by atoms with Crippen molar-refractivity contribution in [2.75, 3.05) is 12.4 Å². The van der Waals surface area contributed by atoms with Gasteiger partial charge in [-0.3, -0.25) is 4.79 Å². The van der Waals surface area contributed by atoms with Crippen molar-refractivity contribution in [3.63, 3.8) is 0 Å². The van der Waals surface area contributed by atoms with Gasteiger partial charge in [0, 0.05) is 16.4 Å². The van der Waals surface area contributed by atoms with Gasteiger partial charge in [0.25, 0.3) is 0 Å². The van der Waals surface area contributed by atoms with E-state index in [-0.39, 0.29) is 5.97 Å². The summed E-state index contributed by atoms with van der Waals surface area (Å²) in [6, 6.07) is 3.77. The molecule has 6 heteroatoms. The van der Waals surface area contributed by atoms with Crippen LogP contribution in [0.5, 0.6) is 0 Å². The molecule has 0 fully saturated rings. The van der Waals surface area contributed by atoms with E-state index >= 15 is 0 Å². The molecular formula is C11H15BrN2O2S. The van der Waals surface area contributed by atoms with Gasteiger partial charge in [0.1, 0.15) is 5.54 Å². The number of pyridine rings is 1. The van der Waals surface area contributed by atoms with E-state index in [4.69, 9.17) is 10.5 Å². The molecule has 0 spiro atoms. The average Bonchev–Trinajstić information content (AvgIpc) is 2.29. The van der Waals surface area contributed by atoms with Gasteiger partial charge in [0.15, 0.2) is 0 Å². The second-order valence-electron chi connectivity index (χ2n) is 3.74. The fourth-order valence-corrected chi connectivity index (χ4v) is 2.12. The van der Waals surface area contributed by atoms with E-state index in [1.54, 1.807) is 20.0 Å². The molecular weight excluding hydrogens is 304 g/mol. The topological polar surface area (TPSA) is 65.2 Å². The summed E-state index contributed by atoms with van der Waals surface area (Å²) < 4.78 is 5.83. The largest absolute Gasteiger partial charge is 0.465 e. The van der Waals surface area contributed by atoms with Crippen LogP contribution in [0.15, 0.2) is 27.8 Å². The summed E-state index contributed by atoms with van der Waals surface area (Å²) in [5.74, 6) is 0.0464. The first-order valence-corrected chi connectivity index (χ1v) is 6.94. The monoisotopic (exact) mass is 318 g/mol. The van der Waals surface area contributed by atoms with Crippen molar-refractivity contribution in [1.29, 1.82) is 0 Å². The minimum atomic E-state index is -0.991. The highest BCUT2D eigenvalue weighted by Gasteiger charge is 2.30. The summed E-state index contributed by atoms with van der Waals surface area (Å²) in [5, 5.41) is 0.828. The van der Waals surface area contributed by atoms with Crippen LogP contribution in [0.25, 0.3) is 0 Å². The zero-order chi connectivity index (χ0) is 12.9. The molecule has 1 rings (SSSR count). The van der Waals surface area contributed by atoms with Crippen LogP contribution < -0.4 is 5.73 Å². The quantitative estimate of drug-likeness (QED) is 0.666. The molecule has 0 bridgehead atoms. The molecule has 0 aliphatic rings. The van der Waals surface area contributed by atoms with Crippen LogP contribution in [0.3, 0.4) is 0 Å². The Morgan fingerprint density at radius 2 is 2.35 bits per heavy atom. The molecule has 0 saturated carbocycles. The fraction of sp³-hybridized carbons (Fsp3) is 0.455. The van der Waals surface area contributed by atoms with Crippen LogP contribution in [0.2, 0.25) is 0 Å². The van der Waals surface area contributed by atoms with E-state index in [9.17, 15) is 4.79 Å². The van der Waals surface area contributed by atoms with E-state index in [2.05, 4.69) is 20.9 Å². The number of esters is 1. The van der Waals surface area contributed by atoms with Crippen LogP contribution >= 0.6 is 27.7 Å². The van der Waals surface area contributed by atoms with Crippen molar-refractivity contribution < 1.29 is 9.53 Å². The third-order valence-corrected chi connectivity index (χ3v) is 3.71. The van der Waals surface area contributed by atoms with Crippen molar-refractivity contribution in [2.45, 2.75) is 24.4 Å². The molecule has 2 N–H and O–H groups in total. The Kier molecular flexibility index (Phi) is 5.42. The maximum absolute atomic E-state index is 11.6. The normalized spacial score (nSPS) is 14.1. The van der Waals surface area contributed by atoms with Crippen molar-refractivity contribution in [1.82, 2.24) is 4.98 Å². The number of aromatic nitrogens is 1. The van der Waals surface area contributed by atoms with Gasteiger partial charge in [-0.2, -0.15) is 0 Å². The Morgan fingerprint density at radius 3 is 2.88 bits per heavy atom. The van der Waals surface area contributed by atoms with Gasteiger partial charge in [-0.05, 0) is 41.9 Å². The van der Waals surface area contributed by atoms with E-state index < -0.39 is 5.54 Å². The number of nitrogens with two attached hydrogens (primary N) is 1. The zero-order valence-corrected chi connectivity index (χ0v) is 12.2. The van der Waals surface area contributed by atoms with Crippen molar-refractivity contribution in [3.8, 4) is 0 Å². The molecule has 0 radical (unpaired) electrons. The maximum Gasteiger partial charge on any atom is 0.326 e. The molecule has 1 heterocycles. The Balaban J connectivity index is 2.54. The summed E-state index contributed by atoms with van der Waals surface area (Å²) in [5.41, 5.74) is 4.90. The minimum absolute atomic E-state index is 0.340. The van der Waals surface area contributed by atoms with Gasteiger partial charge >= 0.3 is 5.97 Å². The highest BCUT2D eigenvalue weighted by atomic mass is 79.9. The number of halogens is 1. The standard InChI is InChI=1S/C11H15BrN2O2S/c1-3-16-10(15)11(2,13)7-17-9-5-4-8(12)6-14-9/h4-6H,3,7,13H2,1-2H3.